The number of primary amides is 1. The van der Waals surface area contributed by atoms with Crippen molar-refractivity contribution in [3.63, 3.8) is 0 Å². The highest BCUT2D eigenvalue weighted by Gasteiger charge is 2.30. The van der Waals surface area contributed by atoms with E-state index < -0.39 is 5.54 Å². The molecule has 0 bridgehead atoms. The first-order valence-corrected chi connectivity index (χ1v) is 8.79. The molecule has 1 saturated heterocycles. The topological polar surface area (TPSA) is 58.4 Å². The van der Waals surface area contributed by atoms with Gasteiger partial charge in [0.15, 0.2) is 0 Å². The third-order valence-corrected chi connectivity index (χ3v) is 4.87. The van der Waals surface area contributed by atoms with Gasteiger partial charge in [0, 0.05) is 6.54 Å². The van der Waals surface area contributed by atoms with Crippen LogP contribution in [0.2, 0.25) is 0 Å². The predicted octanol–water partition coefficient (Wildman–Crippen LogP) is 2.52. The van der Waals surface area contributed by atoms with Gasteiger partial charge < -0.3 is 16.0 Å². The van der Waals surface area contributed by atoms with Crippen molar-refractivity contribution in [1.29, 1.82) is 0 Å². The van der Waals surface area contributed by atoms with Gasteiger partial charge in [0.1, 0.15) is 0 Å². The quantitative estimate of drug-likeness (QED) is 0.687. The lowest BCUT2D eigenvalue weighted by molar-refractivity contribution is -0.124. The Bertz CT molecular complexity index is 308. The minimum Gasteiger partial charge on any atom is -0.368 e. The second-order valence-electron chi connectivity index (χ2n) is 6.80. The Morgan fingerprint density at radius 3 is 2.67 bits per heavy atom. The van der Waals surface area contributed by atoms with E-state index in [-0.39, 0.29) is 5.91 Å². The van der Waals surface area contributed by atoms with Crippen LogP contribution in [0.1, 0.15) is 65.7 Å². The zero-order valence-electron chi connectivity index (χ0n) is 14.3. The fourth-order valence-electron chi connectivity index (χ4n) is 3.23. The van der Waals surface area contributed by atoms with Crippen LogP contribution in [-0.4, -0.2) is 42.5 Å². The van der Waals surface area contributed by atoms with Gasteiger partial charge in [-0.2, -0.15) is 0 Å². The standard InChI is InChI=1S/C17H35N3O/c1-4-7-15-8-6-12-20(13-9-15)14-10-17(3,16(18)21)19-11-5-2/h15,19H,4-14H2,1-3H3,(H2,18,21). The second-order valence-corrected chi connectivity index (χ2v) is 6.80. The molecular formula is C17H35N3O. The molecule has 2 atom stereocenters. The predicted molar refractivity (Wildman–Crippen MR) is 89.2 cm³/mol. The third-order valence-electron chi connectivity index (χ3n) is 4.87. The number of hydrogen-bond acceptors (Lipinski definition) is 3. The molecule has 2 unspecified atom stereocenters. The third kappa shape index (κ3) is 6.35. The van der Waals surface area contributed by atoms with E-state index in [1.807, 2.05) is 6.92 Å². The van der Waals surface area contributed by atoms with Crippen LogP contribution < -0.4 is 11.1 Å². The van der Waals surface area contributed by atoms with Crippen molar-refractivity contribution in [3.05, 3.63) is 0 Å². The Morgan fingerprint density at radius 1 is 1.29 bits per heavy atom. The van der Waals surface area contributed by atoms with Gasteiger partial charge in [-0.1, -0.05) is 26.7 Å². The number of likely N-dealkylation sites (tertiary alicyclic amines) is 1. The highest BCUT2D eigenvalue weighted by atomic mass is 16.1. The fourth-order valence-corrected chi connectivity index (χ4v) is 3.23. The number of carbonyl (C=O) groups is 1. The van der Waals surface area contributed by atoms with E-state index in [2.05, 4.69) is 24.1 Å². The van der Waals surface area contributed by atoms with Crippen LogP contribution in [0, 0.1) is 5.92 Å². The molecule has 4 heteroatoms. The highest BCUT2D eigenvalue weighted by Crippen LogP contribution is 2.22. The summed E-state index contributed by atoms with van der Waals surface area (Å²) in [6, 6.07) is 0. The van der Waals surface area contributed by atoms with Gasteiger partial charge in [-0.15, -0.1) is 0 Å². The molecule has 0 spiro atoms. The Kier molecular flexibility index (Phi) is 8.27. The van der Waals surface area contributed by atoms with Crippen LogP contribution in [0.5, 0.6) is 0 Å². The summed E-state index contributed by atoms with van der Waals surface area (Å²) in [6.45, 7) is 10.5. The summed E-state index contributed by atoms with van der Waals surface area (Å²) in [6.07, 6.45) is 8.46. The Morgan fingerprint density at radius 2 is 2.05 bits per heavy atom. The highest BCUT2D eigenvalue weighted by molar-refractivity contribution is 5.84. The monoisotopic (exact) mass is 297 g/mol. The SMILES string of the molecule is CCCNC(C)(CCN1CCCC(CCC)CC1)C(N)=O. The second kappa shape index (κ2) is 9.42. The van der Waals surface area contributed by atoms with Gasteiger partial charge in [-0.25, -0.2) is 0 Å². The summed E-state index contributed by atoms with van der Waals surface area (Å²) in [4.78, 5) is 14.3. The average molecular weight is 297 g/mol. The molecule has 0 aromatic rings. The lowest BCUT2D eigenvalue weighted by Crippen LogP contribution is -2.54. The van der Waals surface area contributed by atoms with E-state index >= 15 is 0 Å². The molecule has 0 radical (unpaired) electrons. The Labute approximate surface area is 130 Å². The summed E-state index contributed by atoms with van der Waals surface area (Å²) in [5.41, 5.74) is 5.04. The van der Waals surface area contributed by atoms with Gasteiger partial charge in [-0.05, 0) is 64.6 Å². The van der Waals surface area contributed by atoms with Crippen LogP contribution in [0.3, 0.4) is 0 Å². The fraction of sp³-hybridized carbons (Fsp3) is 0.941. The molecule has 124 valence electrons. The minimum atomic E-state index is -0.564. The molecule has 1 aliphatic heterocycles. The van der Waals surface area contributed by atoms with E-state index in [0.29, 0.717) is 0 Å². The van der Waals surface area contributed by atoms with Crippen LogP contribution in [0.15, 0.2) is 0 Å². The number of nitrogens with one attached hydrogen (secondary N) is 1. The minimum absolute atomic E-state index is 0.227. The molecule has 1 heterocycles. The number of hydrogen-bond donors (Lipinski definition) is 2. The van der Waals surface area contributed by atoms with Gasteiger partial charge >= 0.3 is 0 Å². The summed E-state index contributed by atoms with van der Waals surface area (Å²) in [5.74, 6) is 0.676. The van der Waals surface area contributed by atoms with Crippen LogP contribution >= 0.6 is 0 Å². The lowest BCUT2D eigenvalue weighted by Gasteiger charge is -2.30. The summed E-state index contributed by atoms with van der Waals surface area (Å²) in [5, 5.41) is 3.33. The Hall–Kier alpha value is -0.610. The average Bonchev–Trinajstić information content (AvgIpc) is 2.68. The van der Waals surface area contributed by atoms with E-state index in [1.54, 1.807) is 0 Å². The Balaban J connectivity index is 2.43. The molecular weight excluding hydrogens is 262 g/mol. The van der Waals surface area contributed by atoms with Crippen molar-refractivity contribution >= 4 is 5.91 Å². The maximum absolute atomic E-state index is 11.7. The van der Waals surface area contributed by atoms with E-state index in [0.717, 1.165) is 31.8 Å². The molecule has 1 aliphatic rings. The van der Waals surface area contributed by atoms with Crippen LogP contribution in [-0.2, 0) is 4.79 Å². The zero-order chi connectivity index (χ0) is 15.7. The van der Waals surface area contributed by atoms with Gasteiger partial charge in [0.2, 0.25) is 5.91 Å². The van der Waals surface area contributed by atoms with E-state index in [9.17, 15) is 4.79 Å². The first-order chi connectivity index (χ1) is 10.0. The molecule has 4 nitrogen and oxygen atoms in total. The van der Waals surface area contributed by atoms with Crippen molar-refractivity contribution in [3.8, 4) is 0 Å². The molecule has 0 aromatic heterocycles. The molecule has 0 aromatic carbocycles. The van der Waals surface area contributed by atoms with E-state index in [1.165, 1.54) is 45.2 Å². The molecule has 0 aliphatic carbocycles. The number of rotatable bonds is 9. The van der Waals surface area contributed by atoms with Crippen LogP contribution in [0.4, 0.5) is 0 Å². The zero-order valence-corrected chi connectivity index (χ0v) is 14.3. The molecule has 21 heavy (non-hydrogen) atoms. The van der Waals surface area contributed by atoms with Crippen molar-refractivity contribution in [2.75, 3.05) is 26.2 Å². The number of nitrogens with zero attached hydrogens (tertiary/aromatic N) is 1. The smallest absolute Gasteiger partial charge is 0.237 e. The normalized spacial score (nSPS) is 23.5. The van der Waals surface area contributed by atoms with Crippen molar-refractivity contribution < 1.29 is 4.79 Å². The van der Waals surface area contributed by atoms with E-state index in [4.69, 9.17) is 5.73 Å². The molecule has 0 saturated carbocycles. The maximum atomic E-state index is 11.7. The van der Waals surface area contributed by atoms with Gasteiger partial charge in [-0.3, -0.25) is 4.79 Å². The number of amides is 1. The van der Waals surface area contributed by atoms with Crippen molar-refractivity contribution in [2.24, 2.45) is 11.7 Å². The van der Waals surface area contributed by atoms with Crippen molar-refractivity contribution in [1.82, 2.24) is 10.2 Å². The van der Waals surface area contributed by atoms with Crippen LogP contribution in [0.25, 0.3) is 0 Å². The summed E-state index contributed by atoms with van der Waals surface area (Å²) >= 11 is 0. The lowest BCUT2D eigenvalue weighted by atomic mass is 9.95. The molecule has 1 fully saturated rings. The first kappa shape index (κ1) is 18.4. The van der Waals surface area contributed by atoms with Crippen molar-refractivity contribution in [2.45, 2.75) is 71.3 Å². The molecule has 1 rings (SSSR count). The number of carbonyl (C=O) groups excluding carboxylic acids is 1. The molecule has 3 N–H and O–H groups in total. The first-order valence-electron chi connectivity index (χ1n) is 8.79. The molecule has 1 amide bonds. The maximum Gasteiger partial charge on any atom is 0.237 e. The summed E-state index contributed by atoms with van der Waals surface area (Å²) in [7, 11) is 0. The largest absolute Gasteiger partial charge is 0.368 e. The summed E-state index contributed by atoms with van der Waals surface area (Å²) < 4.78 is 0. The van der Waals surface area contributed by atoms with Gasteiger partial charge in [0.25, 0.3) is 0 Å². The van der Waals surface area contributed by atoms with Gasteiger partial charge in [0.05, 0.1) is 5.54 Å². The number of nitrogens with two attached hydrogens (primary N) is 1.